The van der Waals surface area contributed by atoms with E-state index in [1.54, 1.807) is 19.2 Å². The Morgan fingerprint density at radius 2 is 2.14 bits per heavy atom. The van der Waals surface area contributed by atoms with Crippen LogP contribution in [0.5, 0.6) is 0 Å². The Bertz CT molecular complexity index is 511. The van der Waals surface area contributed by atoms with Crippen LogP contribution in [-0.4, -0.2) is 4.74 Å². The first kappa shape index (κ1) is 8.62. The second-order valence-electron chi connectivity index (χ2n) is 3.06. The van der Waals surface area contributed by atoms with Gasteiger partial charge in [0, 0.05) is 18.3 Å². The van der Waals surface area contributed by atoms with Crippen molar-refractivity contribution in [3.8, 4) is 11.3 Å². The monoisotopic (exact) mass is 190 g/mol. The zero-order valence-corrected chi connectivity index (χ0v) is 7.73. The maximum Gasteiger partial charge on any atom is 0.358 e. The molecule has 1 heterocycles. The number of hydrogen-bond donors (Lipinski definition) is 1. The molecular formula is C10H10N2O2. The van der Waals surface area contributed by atoms with Gasteiger partial charge in [0.05, 0.1) is 11.8 Å². The van der Waals surface area contributed by atoms with E-state index in [1.165, 1.54) is 10.8 Å². The van der Waals surface area contributed by atoms with Gasteiger partial charge in [-0.3, -0.25) is 0 Å². The normalized spacial score (nSPS) is 10.4. The topological polar surface area (TPSA) is 61.2 Å². The van der Waals surface area contributed by atoms with Crippen molar-refractivity contribution in [3.63, 3.8) is 0 Å². The number of hydrogen-bond acceptors (Lipinski definition) is 3. The van der Waals surface area contributed by atoms with Crippen LogP contribution in [0, 0.1) is 0 Å². The third-order valence-corrected chi connectivity index (χ3v) is 2.00. The summed E-state index contributed by atoms with van der Waals surface area (Å²) in [5, 5.41) is 0. The average molecular weight is 190 g/mol. The fourth-order valence-electron chi connectivity index (χ4n) is 1.38. The Labute approximate surface area is 80.5 Å². The van der Waals surface area contributed by atoms with Gasteiger partial charge in [0.25, 0.3) is 0 Å². The number of benzene rings is 1. The fourth-order valence-corrected chi connectivity index (χ4v) is 1.38. The second kappa shape index (κ2) is 3.06. The lowest BCUT2D eigenvalue weighted by Gasteiger charge is -2.01. The van der Waals surface area contributed by atoms with E-state index < -0.39 is 0 Å². The Morgan fingerprint density at radius 1 is 1.36 bits per heavy atom. The second-order valence-corrected chi connectivity index (χ2v) is 3.06. The van der Waals surface area contributed by atoms with E-state index in [4.69, 9.17) is 10.3 Å². The predicted molar refractivity (Wildman–Crippen MR) is 53.8 cm³/mol. The van der Waals surface area contributed by atoms with E-state index in [-0.39, 0.29) is 5.63 Å². The Balaban J connectivity index is 2.59. The third-order valence-electron chi connectivity index (χ3n) is 2.00. The summed E-state index contributed by atoms with van der Waals surface area (Å²) in [5.41, 5.74) is 7.54. The minimum Gasteiger partial charge on any atom is -0.399 e. The molecule has 2 rings (SSSR count). The van der Waals surface area contributed by atoms with Crippen LogP contribution >= 0.6 is 0 Å². The summed E-state index contributed by atoms with van der Waals surface area (Å²) in [5.74, 6) is 0. The van der Waals surface area contributed by atoms with Gasteiger partial charge < -0.3 is 10.3 Å². The van der Waals surface area contributed by atoms with E-state index in [2.05, 4.69) is 0 Å². The molecule has 4 nitrogen and oxygen atoms in total. The summed E-state index contributed by atoms with van der Waals surface area (Å²) in [6, 6.07) is 8.74. The summed E-state index contributed by atoms with van der Waals surface area (Å²) in [4.78, 5) is 11.0. The maximum absolute atomic E-state index is 11.0. The number of nitrogens with zero attached hydrogens (tertiary/aromatic N) is 1. The molecule has 1 aromatic carbocycles. The van der Waals surface area contributed by atoms with Gasteiger partial charge in [-0.2, -0.15) is 0 Å². The van der Waals surface area contributed by atoms with E-state index in [9.17, 15) is 4.79 Å². The molecule has 14 heavy (non-hydrogen) atoms. The van der Waals surface area contributed by atoms with Gasteiger partial charge in [-0.05, 0) is 12.1 Å². The van der Waals surface area contributed by atoms with Crippen molar-refractivity contribution in [2.24, 2.45) is 7.05 Å². The Kier molecular flexibility index (Phi) is 1.89. The minimum absolute atomic E-state index is 0.357. The van der Waals surface area contributed by atoms with Gasteiger partial charge in [-0.15, -0.1) is 0 Å². The summed E-state index contributed by atoms with van der Waals surface area (Å²) in [6.45, 7) is 0. The first-order valence-electron chi connectivity index (χ1n) is 4.20. The molecule has 0 radical (unpaired) electrons. The van der Waals surface area contributed by atoms with Crippen molar-refractivity contribution in [2.45, 2.75) is 0 Å². The van der Waals surface area contributed by atoms with Crippen molar-refractivity contribution in [3.05, 3.63) is 40.8 Å². The molecule has 0 bridgehead atoms. The fraction of sp³-hybridized carbons (Fsp3) is 0.100. The van der Waals surface area contributed by atoms with E-state index >= 15 is 0 Å². The van der Waals surface area contributed by atoms with Crippen LogP contribution in [0.4, 0.5) is 5.69 Å². The third kappa shape index (κ3) is 1.42. The first-order valence-corrected chi connectivity index (χ1v) is 4.20. The summed E-state index contributed by atoms with van der Waals surface area (Å²) in [7, 11) is 1.68. The van der Waals surface area contributed by atoms with Gasteiger partial charge in [0.15, 0.2) is 0 Å². The van der Waals surface area contributed by atoms with Gasteiger partial charge in [0.2, 0.25) is 0 Å². The van der Waals surface area contributed by atoms with Crippen molar-refractivity contribution in [2.75, 3.05) is 5.73 Å². The lowest BCUT2D eigenvalue weighted by Crippen LogP contribution is -1.91. The highest BCUT2D eigenvalue weighted by molar-refractivity contribution is 5.63. The molecule has 0 spiro atoms. The van der Waals surface area contributed by atoms with Crippen LogP contribution in [0.25, 0.3) is 11.3 Å². The van der Waals surface area contributed by atoms with Crippen molar-refractivity contribution in [1.29, 1.82) is 0 Å². The Morgan fingerprint density at radius 3 is 2.71 bits per heavy atom. The molecule has 0 fully saturated rings. The van der Waals surface area contributed by atoms with Crippen molar-refractivity contribution in [1.82, 2.24) is 4.74 Å². The van der Waals surface area contributed by atoms with Crippen molar-refractivity contribution < 1.29 is 4.52 Å². The molecule has 0 unspecified atom stereocenters. The molecule has 0 atom stereocenters. The summed E-state index contributed by atoms with van der Waals surface area (Å²) in [6.07, 6.45) is 0. The van der Waals surface area contributed by atoms with Gasteiger partial charge in [-0.25, -0.2) is 9.53 Å². The number of nitrogens with two attached hydrogens (primary N) is 1. The molecule has 1 aromatic heterocycles. The highest BCUT2D eigenvalue weighted by atomic mass is 16.5. The molecule has 0 aliphatic heterocycles. The number of anilines is 1. The molecular weight excluding hydrogens is 180 g/mol. The lowest BCUT2D eigenvalue weighted by atomic mass is 10.1. The zero-order valence-electron chi connectivity index (χ0n) is 7.73. The van der Waals surface area contributed by atoms with Crippen LogP contribution in [0.15, 0.2) is 39.6 Å². The van der Waals surface area contributed by atoms with Crippen LogP contribution in [-0.2, 0) is 7.05 Å². The van der Waals surface area contributed by atoms with Crippen molar-refractivity contribution >= 4 is 5.69 Å². The average Bonchev–Trinajstić information content (AvgIpc) is 2.45. The highest BCUT2D eigenvalue weighted by Gasteiger charge is 2.05. The SMILES string of the molecule is Cn1oc(=O)cc1-c1cccc(N)c1. The smallest absolute Gasteiger partial charge is 0.358 e. The molecule has 2 N–H and O–H groups in total. The van der Waals surface area contributed by atoms with Crippen LogP contribution in [0.1, 0.15) is 0 Å². The molecule has 2 aromatic rings. The van der Waals surface area contributed by atoms with Gasteiger partial charge in [0.1, 0.15) is 0 Å². The highest BCUT2D eigenvalue weighted by Crippen LogP contribution is 2.19. The molecule has 0 aliphatic carbocycles. The van der Waals surface area contributed by atoms with E-state index in [1.807, 2.05) is 12.1 Å². The molecule has 4 heteroatoms. The predicted octanol–water partition coefficient (Wildman–Crippen LogP) is 1.23. The van der Waals surface area contributed by atoms with Crippen LogP contribution < -0.4 is 11.4 Å². The lowest BCUT2D eigenvalue weighted by molar-refractivity contribution is 0.289. The largest absolute Gasteiger partial charge is 0.399 e. The number of aromatic nitrogens is 1. The molecule has 0 saturated heterocycles. The first-order chi connectivity index (χ1) is 6.66. The molecule has 0 amide bonds. The van der Waals surface area contributed by atoms with Crippen LogP contribution in [0.2, 0.25) is 0 Å². The Hall–Kier alpha value is -1.97. The molecule has 0 aliphatic rings. The number of rotatable bonds is 1. The quantitative estimate of drug-likeness (QED) is 0.688. The number of aryl methyl sites for hydroxylation is 1. The van der Waals surface area contributed by atoms with Gasteiger partial charge >= 0.3 is 5.63 Å². The zero-order chi connectivity index (χ0) is 10.1. The minimum atomic E-state index is -0.357. The summed E-state index contributed by atoms with van der Waals surface area (Å²) >= 11 is 0. The van der Waals surface area contributed by atoms with Gasteiger partial charge in [-0.1, -0.05) is 12.1 Å². The van der Waals surface area contributed by atoms with E-state index in [0.717, 1.165) is 11.3 Å². The number of nitrogen functional groups attached to an aromatic ring is 1. The standard InChI is InChI=1S/C10H10N2O2/c1-12-9(6-10(13)14-12)7-3-2-4-8(11)5-7/h2-6H,11H2,1H3. The molecule has 0 saturated carbocycles. The summed E-state index contributed by atoms with van der Waals surface area (Å²) < 4.78 is 6.26. The molecule has 72 valence electrons. The maximum atomic E-state index is 11.0. The van der Waals surface area contributed by atoms with Crippen LogP contribution in [0.3, 0.4) is 0 Å². The van der Waals surface area contributed by atoms with E-state index in [0.29, 0.717) is 5.69 Å².